The number of amides is 1. The van der Waals surface area contributed by atoms with Gasteiger partial charge < -0.3 is 11.1 Å². The van der Waals surface area contributed by atoms with Crippen molar-refractivity contribution in [2.45, 2.75) is 45.1 Å². The van der Waals surface area contributed by atoms with Crippen molar-refractivity contribution in [3.63, 3.8) is 0 Å². The predicted octanol–water partition coefficient (Wildman–Crippen LogP) is 2.59. The van der Waals surface area contributed by atoms with Crippen LogP contribution in [-0.4, -0.2) is 28.4 Å². The Hall–Kier alpha value is -1.23. The summed E-state index contributed by atoms with van der Waals surface area (Å²) in [6, 6.07) is 3.79. The molecule has 0 radical (unpaired) electrons. The molecule has 2 heterocycles. The van der Waals surface area contributed by atoms with Crippen LogP contribution in [0, 0.1) is 0 Å². The molecule has 0 saturated carbocycles. The van der Waals surface area contributed by atoms with Crippen LogP contribution < -0.4 is 11.1 Å². The Kier molecular flexibility index (Phi) is 4.58. The highest BCUT2D eigenvalue weighted by Gasteiger charge is 2.21. The molecular weight excluding hydrogens is 270 g/mol. The first kappa shape index (κ1) is 15.2. The van der Waals surface area contributed by atoms with Crippen LogP contribution >= 0.6 is 11.8 Å². The molecule has 1 aromatic heterocycles. The molecule has 110 valence electrons. The van der Waals surface area contributed by atoms with Gasteiger partial charge in [-0.3, -0.25) is 4.79 Å². The molecule has 20 heavy (non-hydrogen) atoms. The van der Waals surface area contributed by atoms with Crippen LogP contribution in [0.5, 0.6) is 0 Å². The molecular formula is C15H23N3OS. The number of carbonyl (C=O) groups excluding carboxylic acids is 1. The first-order chi connectivity index (χ1) is 9.36. The zero-order valence-electron chi connectivity index (χ0n) is 12.4. The number of aromatic nitrogens is 1. The lowest BCUT2D eigenvalue weighted by Crippen LogP contribution is -2.37. The maximum atomic E-state index is 12.3. The Bertz CT molecular complexity index is 490. The highest BCUT2D eigenvalue weighted by Crippen LogP contribution is 2.23. The molecule has 4 nitrogen and oxygen atoms in total. The van der Waals surface area contributed by atoms with Crippen LogP contribution in [0.15, 0.2) is 12.1 Å². The summed E-state index contributed by atoms with van der Waals surface area (Å²) < 4.78 is 0. The van der Waals surface area contributed by atoms with Crippen molar-refractivity contribution in [3.05, 3.63) is 23.4 Å². The fourth-order valence-electron chi connectivity index (χ4n) is 2.18. The number of rotatable bonds is 2. The molecule has 1 fully saturated rings. The first-order valence-electron chi connectivity index (χ1n) is 7.03. The van der Waals surface area contributed by atoms with Crippen LogP contribution in [0.4, 0.5) is 5.82 Å². The van der Waals surface area contributed by atoms with Gasteiger partial charge in [0.1, 0.15) is 5.82 Å². The van der Waals surface area contributed by atoms with Gasteiger partial charge in [0.25, 0.3) is 5.91 Å². The van der Waals surface area contributed by atoms with E-state index >= 15 is 0 Å². The molecule has 0 aliphatic carbocycles. The molecule has 1 saturated heterocycles. The summed E-state index contributed by atoms with van der Waals surface area (Å²) in [7, 11) is 0. The van der Waals surface area contributed by atoms with Gasteiger partial charge in [-0.25, -0.2) is 4.98 Å². The molecule has 5 heteroatoms. The quantitative estimate of drug-likeness (QED) is 0.879. The molecule has 1 aromatic rings. The number of nitrogens with one attached hydrogen (secondary N) is 1. The fourth-order valence-corrected chi connectivity index (χ4v) is 3.28. The summed E-state index contributed by atoms with van der Waals surface area (Å²) in [6.07, 6.45) is 2.09. The van der Waals surface area contributed by atoms with Crippen LogP contribution in [0.1, 0.15) is 49.7 Å². The van der Waals surface area contributed by atoms with Gasteiger partial charge in [-0.15, -0.1) is 0 Å². The fraction of sp³-hybridized carbons (Fsp3) is 0.600. The van der Waals surface area contributed by atoms with Gasteiger partial charge in [0.2, 0.25) is 0 Å². The molecule has 0 aromatic carbocycles. The van der Waals surface area contributed by atoms with E-state index in [1.807, 2.05) is 17.8 Å². The van der Waals surface area contributed by atoms with Crippen molar-refractivity contribution in [1.29, 1.82) is 0 Å². The summed E-state index contributed by atoms with van der Waals surface area (Å²) in [5.74, 6) is 2.61. The van der Waals surface area contributed by atoms with Crippen molar-refractivity contribution >= 4 is 23.5 Å². The van der Waals surface area contributed by atoms with Crippen molar-refractivity contribution in [3.8, 4) is 0 Å². The molecule has 0 bridgehead atoms. The SMILES string of the molecule is CC(C)(C)c1cc(C(=O)NC2CCSCC2)cc(N)n1. The standard InChI is InChI=1S/C15H23N3OS/c1-15(2,3)12-8-10(9-13(16)18-12)14(19)17-11-4-6-20-7-5-11/h8-9,11H,4-7H2,1-3H3,(H2,16,18)(H,17,19). The van der Waals surface area contributed by atoms with E-state index in [0.717, 1.165) is 30.0 Å². The maximum absolute atomic E-state index is 12.3. The smallest absolute Gasteiger partial charge is 0.251 e. The van der Waals surface area contributed by atoms with Crippen LogP contribution in [-0.2, 0) is 5.41 Å². The van der Waals surface area contributed by atoms with Crippen molar-refractivity contribution in [1.82, 2.24) is 10.3 Å². The van der Waals surface area contributed by atoms with E-state index in [4.69, 9.17) is 5.73 Å². The van der Waals surface area contributed by atoms with Crippen LogP contribution in [0.25, 0.3) is 0 Å². The third-order valence-corrected chi connectivity index (χ3v) is 4.48. The first-order valence-corrected chi connectivity index (χ1v) is 8.18. The minimum Gasteiger partial charge on any atom is -0.384 e. The summed E-state index contributed by atoms with van der Waals surface area (Å²) >= 11 is 1.95. The van der Waals surface area contributed by atoms with E-state index in [-0.39, 0.29) is 17.4 Å². The topological polar surface area (TPSA) is 68.0 Å². The lowest BCUT2D eigenvalue weighted by Gasteiger charge is -2.23. The van der Waals surface area contributed by atoms with E-state index in [0.29, 0.717) is 11.4 Å². The molecule has 3 N–H and O–H groups in total. The van der Waals surface area contributed by atoms with Gasteiger partial charge in [0, 0.05) is 22.7 Å². The van der Waals surface area contributed by atoms with Gasteiger partial charge in [0.15, 0.2) is 0 Å². The zero-order chi connectivity index (χ0) is 14.8. The number of pyridine rings is 1. The van der Waals surface area contributed by atoms with Gasteiger partial charge in [-0.05, 0) is 36.5 Å². The number of nitrogens with zero attached hydrogens (tertiary/aromatic N) is 1. The molecule has 0 unspecified atom stereocenters. The Morgan fingerprint density at radius 3 is 2.60 bits per heavy atom. The highest BCUT2D eigenvalue weighted by molar-refractivity contribution is 7.99. The average molecular weight is 293 g/mol. The van der Waals surface area contributed by atoms with Crippen molar-refractivity contribution in [2.75, 3.05) is 17.2 Å². The number of hydrogen-bond donors (Lipinski definition) is 2. The summed E-state index contributed by atoms with van der Waals surface area (Å²) in [5.41, 5.74) is 7.17. The number of nitrogens with two attached hydrogens (primary N) is 1. The number of nitrogen functional groups attached to an aromatic ring is 1. The number of thioether (sulfide) groups is 1. The molecule has 0 atom stereocenters. The van der Waals surface area contributed by atoms with E-state index in [1.54, 1.807) is 6.07 Å². The lowest BCUT2D eigenvalue weighted by atomic mass is 9.90. The van der Waals surface area contributed by atoms with Crippen LogP contribution in [0.2, 0.25) is 0 Å². The second-order valence-electron chi connectivity index (χ2n) is 6.28. The third-order valence-electron chi connectivity index (χ3n) is 3.43. The van der Waals surface area contributed by atoms with E-state index < -0.39 is 0 Å². The Morgan fingerprint density at radius 1 is 1.35 bits per heavy atom. The molecule has 1 aliphatic heterocycles. The summed E-state index contributed by atoms with van der Waals surface area (Å²) in [6.45, 7) is 6.19. The molecule has 0 spiro atoms. The Morgan fingerprint density at radius 2 is 2.00 bits per heavy atom. The number of hydrogen-bond acceptors (Lipinski definition) is 4. The molecule has 2 rings (SSSR count). The summed E-state index contributed by atoms with van der Waals surface area (Å²) in [5, 5.41) is 3.11. The largest absolute Gasteiger partial charge is 0.384 e. The van der Waals surface area contributed by atoms with Crippen molar-refractivity contribution < 1.29 is 4.79 Å². The number of anilines is 1. The van der Waals surface area contributed by atoms with E-state index in [9.17, 15) is 4.79 Å². The van der Waals surface area contributed by atoms with Gasteiger partial charge in [-0.2, -0.15) is 11.8 Å². The average Bonchev–Trinajstić information content (AvgIpc) is 2.38. The third kappa shape index (κ3) is 3.88. The van der Waals surface area contributed by atoms with Crippen molar-refractivity contribution in [2.24, 2.45) is 0 Å². The monoisotopic (exact) mass is 293 g/mol. The Balaban J connectivity index is 2.14. The molecule has 1 amide bonds. The highest BCUT2D eigenvalue weighted by atomic mass is 32.2. The molecule has 1 aliphatic rings. The second kappa shape index (κ2) is 6.04. The predicted molar refractivity (Wildman–Crippen MR) is 85.2 cm³/mol. The summed E-state index contributed by atoms with van der Waals surface area (Å²) in [4.78, 5) is 16.7. The maximum Gasteiger partial charge on any atom is 0.251 e. The normalized spacial score (nSPS) is 16.9. The van der Waals surface area contributed by atoms with Gasteiger partial charge >= 0.3 is 0 Å². The van der Waals surface area contributed by atoms with E-state index in [1.165, 1.54) is 0 Å². The van der Waals surface area contributed by atoms with E-state index in [2.05, 4.69) is 31.1 Å². The van der Waals surface area contributed by atoms with Crippen LogP contribution in [0.3, 0.4) is 0 Å². The lowest BCUT2D eigenvalue weighted by molar-refractivity contribution is 0.0934. The minimum atomic E-state index is -0.119. The Labute approximate surface area is 124 Å². The second-order valence-corrected chi connectivity index (χ2v) is 7.50. The number of carbonyl (C=O) groups is 1. The minimum absolute atomic E-state index is 0.0403. The zero-order valence-corrected chi connectivity index (χ0v) is 13.2. The van der Waals surface area contributed by atoms with Gasteiger partial charge in [-0.1, -0.05) is 20.8 Å². The van der Waals surface area contributed by atoms with Gasteiger partial charge in [0.05, 0.1) is 0 Å².